The second-order valence-electron chi connectivity index (χ2n) is 4.85. The standard InChI is InChI=1S/C13H26N4O/c1-5-6-7-8-11(16-14)13-12(18-4)9-15-17(13)10(2)3/h9-11,16H,5-8,14H2,1-4H3. The molecule has 5 heteroatoms. The number of unbranched alkanes of at least 4 members (excludes halogenated alkanes) is 2. The number of ether oxygens (including phenoxy) is 1. The van der Waals surface area contributed by atoms with Crippen LogP contribution in [-0.4, -0.2) is 16.9 Å². The molecule has 0 aromatic carbocycles. The molecule has 0 spiro atoms. The number of nitrogens with one attached hydrogen (secondary N) is 1. The van der Waals surface area contributed by atoms with Crippen LogP contribution in [0.25, 0.3) is 0 Å². The molecule has 0 bridgehead atoms. The van der Waals surface area contributed by atoms with E-state index < -0.39 is 0 Å². The molecule has 1 rings (SSSR count). The molecule has 5 nitrogen and oxygen atoms in total. The van der Waals surface area contributed by atoms with Gasteiger partial charge in [-0.1, -0.05) is 26.2 Å². The molecule has 0 fully saturated rings. The molecule has 0 radical (unpaired) electrons. The van der Waals surface area contributed by atoms with Gasteiger partial charge in [-0.05, 0) is 20.3 Å². The molecule has 1 aromatic heterocycles. The van der Waals surface area contributed by atoms with Crippen molar-refractivity contribution >= 4 is 0 Å². The van der Waals surface area contributed by atoms with E-state index in [1.807, 2.05) is 4.68 Å². The van der Waals surface area contributed by atoms with Crippen LogP contribution in [0.1, 0.15) is 64.2 Å². The quantitative estimate of drug-likeness (QED) is 0.425. The molecule has 1 aromatic rings. The van der Waals surface area contributed by atoms with E-state index in [1.54, 1.807) is 13.3 Å². The fourth-order valence-corrected chi connectivity index (χ4v) is 2.15. The van der Waals surface area contributed by atoms with Crippen LogP contribution in [0.5, 0.6) is 5.75 Å². The maximum atomic E-state index is 5.69. The summed E-state index contributed by atoms with van der Waals surface area (Å²) >= 11 is 0. The second-order valence-corrected chi connectivity index (χ2v) is 4.85. The number of methoxy groups -OCH3 is 1. The van der Waals surface area contributed by atoms with Crippen molar-refractivity contribution in [1.29, 1.82) is 0 Å². The smallest absolute Gasteiger partial charge is 0.161 e. The van der Waals surface area contributed by atoms with Crippen molar-refractivity contribution < 1.29 is 4.74 Å². The summed E-state index contributed by atoms with van der Waals surface area (Å²) in [6.45, 7) is 6.41. The van der Waals surface area contributed by atoms with Crippen LogP contribution < -0.4 is 16.0 Å². The SMILES string of the molecule is CCCCCC(NN)c1c(OC)cnn1C(C)C. The molecule has 0 aliphatic rings. The summed E-state index contributed by atoms with van der Waals surface area (Å²) in [5.74, 6) is 6.50. The molecule has 3 N–H and O–H groups in total. The number of hydrogen-bond acceptors (Lipinski definition) is 4. The van der Waals surface area contributed by atoms with Crippen LogP contribution in [-0.2, 0) is 0 Å². The lowest BCUT2D eigenvalue weighted by Gasteiger charge is -2.20. The second kappa shape index (κ2) is 7.38. The van der Waals surface area contributed by atoms with Gasteiger partial charge in [0.2, 0.25) is 0 Å². The fourth-order valence-electron chi connectivity index (χ4n) is 2.15. The van der Waals surface area contributed by atoms with Gasteiger partial charge in [0.25, 0.3) is 0 Å². The monoisotopic (exact) mass is 254 g/mol. The van der Waals surface area contributed by atoms with Crippen molar-refractivity contribution in [3.63, 3.8) is 0 Å². The number of hydrazine groups is 1. The van der Waals surface area contributed by atoms with Gasteiger partial charge >= 0.3 is 0 Å². The van der Waals surface area contributed by atoms with Gasteiger partial charge in [-0.25, -0.2) is 0 Å². The van der Waals surface area contributed by atoms with Crippen LogP contribution in [0.3, 0.4) is 0 Å². The Morgan fingerprint density at radius 2 is 2.17 bits per heavy atom. The highest BCUT2D eigenvalue weighted by Gasteiger charge is 2.21. The molecule has 1 unspecified atom stereocenters. The molecule has 0 aliphatic carbocycles. The first-order chi connectivity index (χ1) is 8.65. The fraction of sp³-hybridized carbons (Fsp3) is 0.769. The number of aromatic nitrogens is 2. The first-order valence-corrected chi connectivity index (χ1v) is 6.73. The van der Waals surface area contributed by atoms with Gasteiger partial charge in [0.05, 0.1) is 25.0 Å². The Kier molecular flexibility index (Phi) is 6.15. The van der Waals surface area contributed by atoms with E-state index in [2.05, 4.69) is 31.3 Å². The molecule has 0 saturated heterocycles. The third-order valence-corrected chi connectivity index (χ3v) is 3.14. The van der Waals surface area contributed by atoms with E-state index in [0.29, 0.717) is 6.04 Å². The summed E-state index contributed by atoms with van der Waals surface area (Å²) in [5, 5.41) is 4.38. The Bertz CT molecular complexity index is 349. The van der Waals surface area contributed by atoms with Crippen molar-refractivity contribution in [2.24, 2.45) is 5.84 Å². The summed E-state index contributed by atoms with van der Waals surface area (Å²) in [4.78, 5) is 0. The zero-order chi connectivity index (χ0) is 13.5. The van der Waals surface area contributed by atoms with Gasteiger partial charge in [-0.15, -0.1) is 0 Å². The molecular formula is C13H26N4O. The van der Waals surface area contributed by atoms with Gasteiger partial charge in [0.15, 0.2) is 5.75 Å². The average molecular weight is 254 g/mol. The van der Waals surface area contributed by atoms with Crippen LogP contribution in [0.15, 0.2) is 6.20 Å². The molecule has 0 saturated carbocycles. The van der Waals surface area contributed by atoms with Crippen LogP contribution in [0.4, 0.5) is 0 Å². The van der Waals surface area contributed by atoms with Crippen molar-refractivity contribution in [3.05, 3.63) is 11.9 Å². The third-order valence-electron chi connectivity index (χ3n) is 3.14. The van der Waals surface area contributed by atoms with Gasteiger partial charge in [-0.2, -0.15) is 5.10 Å². The van der Waals surface area contributed by atoms with E-state index in [0.717, 1.165) is 24.3 Å². The van der Waals surface area contributed by atoms with E-state index >= 15 is 0 Å². The molecular weight excluding hydrogens is 228 g/mol. The van der Waals surface area contributed by atoms with Crippen molar-refractivity contribution in [2.75, 3.05) is 7.11 Å². The Hall–Kier alpha value is -1.07. The van der Waals surface area contributed by atoms with Gasteiger partial charge in [0, 0.05) is 6.04 Å². The first kappa shape index (κ1) is 15.0. The van der Waals surface area contributed by atoms with Crippen molar-refractivity contribution in [2.45, 2.75) is 58.5 Å². The lowest BCUT2D eigenvalue weighted by atomic mass is 10.1. The predicted octanol–water partition coefficient (Wildman–Crippen LogP) is 2.56. The minimum absolute atomic E-state index is 0.0939. The third kappa shape index (κ3) is 3.46. The van der Waals surface area contributed by atoms with E-state index in [4.69, 9.17) is 10.6 Å². The number of nitrogens with two attached hydrogens (primary N) is 1. The largest absolute Gasteiger partial charge is 0.493 e. The van der Waals surface area contributed by atoms with Crippen LogP contribution in [0.2, 0.25) is 0 Å². The van der Waals surface area contributed by atoms with Gasteiger partial charge in [-0.3, -0.25) is 16.0 Å². The Balaban J connectivity index is 2.91. The molecule has 18 heavy (non-hydrogen) atoms. The summed E-state index contributed by atoms with van der Waals surface area (Å²) in [7, 11) is 1.67. The van der Waals surface area contributed by atoms with Crippen molar-refractivity contribution in [3.8, 4) is 5.75 Å². The maximum absolute atomic E-state index is 5.69. The minimum atomic E-state index is 0.0939. The van der Waals surface area contributed by atoms with Gasteiger partial charge in [0.1, 0.15) is 0 Å². The van der Waals surface area contributed by atoms with E-state index in [9.17, 15) is 0 Å². The minimum Gasteiger partial charge on any atom is -0.493 e. The topological polar surface area (TPSA) is 65.1 Å². The zero-order valence-corrected chi connectivity index (χ0v) is 11.9. The molecule has 1 heterocycles. The first-order valence-electron chi connectivity index (χ1n) is 6.73. The van der Waals surface area contributed by atoms with Crippen molar-refractivity contribution in [1.82, 2.24) is 15.2 Å². The van der Waals surface area contributed by atoms with Crippen LogP contribution in [0, 0.1) is 0 Å². The van der Waals surface area contributed by atoms with E-state index in [1.165, 1.54) is 12.8 Å². The van der Waals surface area contributed by atoms with Gasteiger partial charge < -0.3 is 4.74 Å². The summed E-state index contributed by atoms with van der Waals surface area (Å²) in [5.41, 5.74) is 3.94. The number of nitrogens with zero attached hydrogens (tertiary/aromatic N) is 2. The zero-order valence-electron chi connectivity index (χ0n) is 11.9. The highest BCUT2D eigenvalue weighted by atomic mass is 16.5. The highest BCUT2D eigenvalue weighted by Crippen LogP contribution is 2.30. The highest BCUT2D eigenvalue weighted by molar-refractivity contribution is 5.28. The lowest BCUT2D eigenvalue weighted by Crippen LogP contribution is -2.30. The average Bonchev–Trinajstić information content (AvgIpc) is 2.78. The summed E-state index contributed by atoms with van der Waals surface area (Å²) in [6.07, 6.45) is 6.34. The Morgan fingerprint density at radius 3 is 2.67 bits per heavy atom. The summed E-state index contributed by atoms with van der Waals surface area (Å²) in [6, 6.07) is 0.391. The lowest BCUT2D eigenvalue weighted by molar-refractivity contribution is 0.374. The normalized spacial score (nSPS) is 13.0. The number of hydrogen-bond donors (Lipinski definition) is 2. The van der Waals surface area contributed by atoms with E-state index in [-0.39, 0.29) is 6.04 Å². The Labute approximate surface area is 110 Å². The predicted molar refractivity (Wildman–Crippen MR) is 73.4 cm³/mol. The molecule has 1 atom stereocenters. The van der Waals surface area contributed by atoms with Crippen LogP contribution >= 0.6 is 0 Å². The Morgan fingerprint density at radius 1 is 1.44 bits per heavy atom. The molecule has 0 amide bonds. The maximum Gasteiger partial charge on any atom is 0.161 e. The molecule has 104 valence electrons. The number of rotatable bonds is 8. The molecule has 0 aliphatic heterocycles. The summed E-state index contributed by atoms with van der Waals surface area (Å²) < 4.78 is 7.37.